The molecule has 0 bridgehead atoms. The lowest BCUT2D eigenvalue weighted by molar-refractivity contribution is -0.136. The van der Waals surface area contributed by atoms with Gasteiger partial charge in [0.1, 0.15) is 17.5 Å². The van der Waals surface area contributed by atoms with Crippen LogP contribution in [-0.4, -0.2) is 48.1 Å². The highest BCUT2D eigenvalue weighted by atomic mass is 35.5. The van der Waals surface area contributed by atoms with E-state index in [0.717, 1.165) is 32.2 Å². The van der Waals surface area contributed by atoms with Gasteiger partial charge in [0.2, 0.25) is 0 Å². The number of aromatic nitrogens is 2. The van der Waals surface area contributed by atoms with Gasteiger partial charge in [0.05, 0.1) is 11.3 Å². The molecule has 0 radical (unpaired) electrons. The van der Waals surface area contributed by atoms with Crippen molar-refractivity contribution in [2.24, 2.45) is 0 Å². The molecule has 1 aliphatic heterocycles. The Morgan fingerprint density at radius 2 is 1.77 bits per heavy atom. The van der Waals surface area contributed by atoms with E-state index in [2.05, 4.69) is 32.1 Å². The number of hydrogen-bond donors (Lipinski definition) is 1. The Hall–Kier alpha value is -2.06. The van der Waals surface area contributed by atoms with Crippen LogP contribution < -0.4 is 10.2 Å². The van der Waals surface area contributed by atoms with Gasteiger partial charge in [-0.1, -0.05) is 11.6 Å². The van der Waals surface area contributed by atoms with Crippen LogP contribution >= 0.6 is 11.6 Å². The molecule has 2 heterocycles. The number of halogens is 4. The fourth-order valence-electron chi connectivity index (χ4n) is 2.81. The van der Waals surface area contributed by atoms with Crippen molar-refractivity contribution in [2.45, 2.75) is 13.1 Å². The molecular weight excluding hydrogens is 367 g/mol. The lowest BCUT2D eigenvalue weighted by atomic mass is 10.1. The second-order valence-electron chi connectivity index (χ2n) is 6.26. The van der Waals surface area contributed by atoms with Crippen molar-refractivity contribution in [3.8, 4) is 0 Å². The van der Waals surface area contributed by atoms with Gasteiger partial charge in [-0.25, -0.2) is 9.97 Å². The summed E-state index contributed by atoms with van der Waals surface area (Å²) in [7, 11) is 2.05. The van der Waals surface area contributed by atoms with Gasteiger partial charge in [-0.05, 0) is 32.2 Å². The van der Waals surface area contributed by atoms with E-state index in [1.807, 2.05) is 0 Å². The molecule has 0 amide bonds. The van der Waals surface area contributed by atoms with Crippen molar-refractivity contribution in [2.75, 3.05) is 43.4 Å². The van der Waals surface area contributed by atoms with Crippen LogP contribution in [-0.2, 0) is 6.18 Å². The second-order valence-corrected chi connectivity index (χ2v) is 6.70. The average Bonchev–Trinajstić information content (AvgIpc) is 2.56. The predicted molar refractivity (Wildman–Crippen MR) is 96.2 cm³/mol. The topological polar surface area (TPSA) is 44.3 Å². The van der Waals surface area contributed by atoms with Crippen LogP contribution in [0.2, 0.25) is 5.02 Å². The molecule has 0 spiro atoms. The van der Waals surface area contributed by atoms with Crippen molar-refractivity contribution in [1.82, 2.24) is 14.9 Å². The first-order chi connectivity index (χ1) is 12.2. The van der Waals surface area contributed by atoms with Crippen molar-refractivity contribution >= 4 is 28.9 Å². The molecule has 5 nitrogen and oxygen atoms in total. The van der Waals surface area contributed by atoms with Crippen LogP contribution in [0.3, 0.4) is 0 Å². The fourth-order valence-corrected chi connectivity index (χ4v) is 2.98. The van der Waals surface area contributed by atoms with E-state index in [1.54, 1.807) is 13.0 Å². The third-order valence-corrected chi connectivity index (χ3v) is 4.44. The molecule has 1 aromatic heterocycles. The van der Waals surface area contributed by atoms with E-state index in [0.29, 0.717) is 17.5 Å². The summed E-state index contributed by atoms with van der Waals surface area (Å²) in [6, 6.07) is 5.29. The minimum Gasteiger partial charge on any atom is -0.354 e. The zero-order chi connectivity index (χ0) is 18.9. The lowest BCUT2D eigenvalue weighted by Crippen LogP contribution is -2.44. The van der Waals surface area contributed by atoms with Crippen LogP contribution in [0.5, 0.6) is 0 Å². The molecule has 3 rings (SSSR count). The molecule has 1 saturated heterocycles. The molecule has 9 heteroatoms. The lowest BCUT2D eigenvalue weighted by Gasteiger charge is -2.33. The number of rotatable bonds is 3. The summed E-state index contributed by atoms with van der Waals surface area (Å²) in [6.45, 7) is 5.14. The van der Waals surface area contributed by atoms with Gasteiger partial charge in [-0.15, -0.1) is 0 Å². The van der Waals surface area contributed by atoms with Crippen LogP contribution in [0.1, 0.15) is 11.4 Å². The van der Waals surface area contributed by atoms with Gasteiger partial charge in [-0.2, -0.15) is 13.2 Å². The number of anilines is 3. The highest BCUT2D eigenvalue weighted by Gasteiger charge is 2.34. The van der Waals surface area contributed by atoms with Crippen LogP contribution in [0, 0.1) is 6.92 Å². The van der Waals surface area contributed by atoms with Crippen molar-refractivity contribution < 1.29 is 13.2 Å². The molecule has 0 unspecified atom stereocenters. The summed E-state index contributed by atoms with van der Waals surface area (Å²) in [5.74, 6) is 1.52. The van der Waals surface area contributed by atoms with Gasteiger partial charge >= 0.3 is 6.18 Å². The molecule has 140 valence electrons. The molecule has 1 aromatic carbocycles. The molecule has 1 aliphatic rings. The second kappa shape index (κ2) is 7.28. The van der Waals surface area contributed by atoms with E-state index in [9.17, 15) is 13.2 Å². The quantitative estimate of drug-likeness (QED) is 0.866. The number of nitrogens with one attached hydrogen (secondary N) is 1. The Bertz CT molecular complexity index is 788. The largest absolute Gasteiger partial charge is 0.418 e. The Morgan fingerprint density at radius 1 is 1.08 bits per heavy atom. The maximum absolute atomic E-state index is 13.3. The minimum atomic E-state index is -4.52. The summed E-state index contributed by atoms with van der Waals surface area (Å²) in [5.41, 5.74) is -0.924. The molecule has 2 aromatic rings. The first-order valence-electron chi connectivity index (χ1n) is 8.15. The van der Waals surface area contributed by atoms with E-state index in [1.165, 1.54) is 12.1 Å². The van der Waals surface area contributed by atoms with Crippen LogP contribution in [0.4, 0.5) is 30.5 Å². The van der Waals surface area contributed by atoms with E-state index in [4.69, 9.17) is 11.6 Å². The van der Waals surface area contributed by atoms with Crippen LogP contribution in [0.25, 0.3) is 0 Å². The fraction of sp³-hybridized carbons (Fsp3) is 0.412. The Morgan fingerprint density at radius 3 is 2.42 bits per heavy atom. The van der Waals surface area contributed by atoms with Gasteiger partial charge in [0.25, 0.3) is 0 Å². The summed E-state index contributed by atoms with van der Waals surface area (Å²) in [5, 5.41) is 2.80. The van der Waals surface area contributed by atoms with Crippen molar-refractivity contribution in [3.05, 3.63) is 40.7 Å². The number of benzene rings is 1. The van der Waals surface area contributed by atoms with E-state index in [-0.39, 0.29) is 10.7 Å². The average molecular weight is 386 g/mol. The molecular formula is C17H19ClF3N5. The molecule has 0 atom stereocenters. The number of piperazine rings is 1. The van der Waals surface area contributed by atoms with Gasteiger partial charge in [0.15, 0.2) is 0 Å². The smallest absolute Gasteiger partial charge is 0.354 e. The third-order valence-electron chi connectivity index (χ3n) is 4.20. The van der Waals surface area contributed by atoms with E-state index >= 15 is 0 Å². The molecule has 0 aliphatic carbocycles. The number of alkyl halides is 3. The summed E-state index contributed by atoms with van der Waals surface area (Å²) in [6.07, 6.45) is -4.52. The summed E-state index contributed by atoms with van der Waals surface area (Å²) in [4.78, 5) is 13.0. The summed E-state index contributed by atoms with van der Waals surface area (Å²) < 4.78 is 39.8. The first kappa shape index (κ1) is 18.7. The first-order valence-corrected chi connectivity index (χ1v) is 8.53. The highest BCUT2D eigenvalue weighted by molar-refractivity contribution is 6.30. The molecule has 1 N–H and O–H groups in total. The third kappa shape index (κ3) is 4.37. The standard InChI is InChI=1S/C17H19ClF3N5/c1-11-22-15(10-16(23-11)26-7-5-25(2)6-8-26)24-14-4-3-12(18)9-13(14)17(19,20)21/h3-4,9-10H,5-8H2,1-2H3,(H,22,23,24). The number of aryl methyl sites for hydroxylation is 1. The number of likely N-dealkylation sites (N-methyl/N-ethyl adjacent to an activating group) is 1. The highest BCUT2D eigenvalue weighted by Crippen LogP contribution is 2.37. The van der Waals surface area contributed by atoms with Crippen molar-refractivity contribution in [1.29, 1.82) is 0 Å². The predicted octanol–water partition coefficient (Wildman–Crippen LogP) is 3.95. The number of nitrogens with zero attached hydrogens (tertiary/aromatic N) is 4. The zero-order valence-corrected chi connectivity index (χ0v) is 15.2. The minimum absolute atomic E-state index is 0.0277. The van der Waals surface area contributed by atoms with Crippen molar-refractivity contribution in [3.63, 3.8) is 0 Å². The Labute approximate surface area is 154 Å². The molecule has 0 saturated carbocycles. The maximum atomic E-state index is 13.3. The summed E-state index contributed by atoms with van der Waals surface area (Å²) >= 11 is 5.73. The molecule has 1 fully saturated rings. The van der Waals surface area contributed by atoms with Gasteiger partial charge in [-0.3, -0.25) is 0 Å². The number of hydrogen-bond acceptors (Lipinski definition) is 5. The Balaban J connectivity index is 1.89. The van der Waals surface area contributed by atoms with Gasteiger partial charge < -0.3 is 15.1 Å². The SMILES string of the molecule is Cc1nc(Nc2ccc(Cl)cc2C(F)(F)F)cc(N2CCN(C)CC2)n1. The zero-order valence-electron chi connectivity index (χ0n) is 14.4. The monoisotopic (exact) mass is 385 g/mol. The maximum Gasteiger partial charge on any atom is 0.418 e. The molecule has 26 heavy (non-hydrogen) atoms. The van der Waals surface area contributed by atoms with Gasteiger partial charge in [0, 0.05) is 37.3 Å². The Kier molecular flexibility index (Phi) is 5.24. The van der Waals surface area contributed by atoms with Crippen LogP contribution in [0.15, 0.2) is 24.3 Å². The van der Waals surface area contributed by atoms with E-state index < -0.39 is 11.7 Å². The normalized spacial score (nSPS) is 16.0.